The zero-order valence-electron chi connectivity index (χ0n) is 20.6. The van der Waals surface area contributed by atoms with Crippen LogP contribution in [0.25, 0.3) is 0 Å². The summed E-state index contributed by atoms with van der Waals surface area (Å²) in [4.78, 5) is 41.8. The lowest BCUT2D eigenvalue weighted by Crippen LogP contribution is -2.65. The molecule has 0 saturated carbocycles. The molecule has 7 nitrogen and oxygen atoms in total. The van der Waals surface area contributed by atoms with Crippen molar-refractivity contribution in [2.24, 2.45) is 0 Å². The van der Waals surface area contributed by atoms with E-state index in [1.807, 2.05) is 91.0 Å². The summed E-state index contributed by atoms with van der Waals surface area (Å²) in [5.41, 5.74) is 3.06. The van der Waals surface area contributed by atoms with Crippen LogP contribution >= 0.6 is 11.8 Å². The molecule has 4 aromatic carbocycles. The van der Waals surface area contributed by atoms with E-state index in [1.54, 1.807) is 29.0 Å². The highest BCUT2D eigenvalue weighted by atomic mass is 32.2. The Bertz CT molecular complexity index is 1450. The van der Waals surface area contributed by atoms with E-state index in [-0.39, 0.29) is 16.8 Å². The maximum absolute atomic E-state index is 14.2. The number of benzene rings is 4. The molecule has 190 valence electrons. The Kier molecular flexibility index (Phi) is 6.98. The lowest BCUT2D eigenvalue weighted by Gasteiger charge is -2.55. The highest BCUT2D eigenvalue weighted by Gasteiger charge is 2.64. The van der Waals surface area contributed by atoms with E-state index < -0.39 is 15.7 Å². The zero-order valence-corrected chi connectivity index (χ0v) is 21.5. The standard InChI is InChI=1S/C30H25N3O4S/c1-31(21-22-11-5-2-6-12-22)29(35)38-30(24-15-9-4-10-16-24)27(23-13-7-3-8-14-23)32(28(30)34)25-17-19-26(20-18-25)33(36)37/h2-20,27H,21H2,1H3/t27-,30-/m0/s1. The number of nitro benzene ring substituents is 1. The van der Waals surface area contributed by atoms with Crippen LogP contribution in [0.3, 0.4) is 0 Å². The fourth-order valence-electron chi connectivity index (χ4n) is 4.81. The number of hydrogen-bond acceptors (Lipinski definition) is 5. The van der Waals surface area contributed by atoms with Crippen molar-refractivity contribution in [1.82, 2.24) is 4.90 Å². The van der Waals surface area contributed by atoms with Crippen LogP contribution in [0.2, 0.25) is 0 Å². The van der Waals surface area contributed by atoms with Gasteiger partial charge >= 0.3 is 0 Å². The Labute approximate surface area is 224 Å². The van der Waals surface area contributed by atoms with Crippen LogP contribution in [0.1, 0.15) is 22.7 Å². The van der Waals surface area contributed by atoms with Crippen molar-refractivity contribution in [3.8, 4) is 0 Å². The molecular formula is C30H25N3O4S. The third-order valence-corrected chi connectivity index (χ3v) is 8.10. The summed E-state index contributed by atoms with van der Waals surface area (Å²) < 4.78 is -1.22. The Balaban J connectivity index is 1.57. The first-order valence-corrected chi connectivity index (χ1v) is 12.9. The second-order valence-corrected chi connectivity index (χ2v) is 10.3. The molecule has 5 rings (SSSR count). The van der Waals surface area contributed by atoms with Crippen molar-refractivity contribution in [2.45, 2.75) is 17.3 Å². The average molecular weight is 524 g/mol. The molecule has 0 spiro atoms. The van der Waals surface area contributed by atoms with Crippen molar-refractivity contribution < 1.29 is 14.5 Å². The number of non-ortho nitro benzene ring substituents is 1. The van der Waals surface area contributed by atoms with Crippen LogP contribution in [0.4, 0.5) is 16.2 Å². The molecule has 0 aromatic heterocycles. The van der Waals surface area contributed by atoms with Crippen molar-refractivity contribution >= 4 is 34.3 Å². The Morgan fingerprint density at radius 2 is 1.45 bits per heavy atom. The first-order valence-electron chi connectivity index (χ1n) is 12.1. The molecule has 1 saturated heterocycles. The second kappa shape index (κ2) is 10.5. The minimum atomic E-state index is -1.22. The van der Waals surface area contributed by atoms with Gasteiger partial charge in [-0.05, 0) is 40.6 Å². The van der Waals surface area contributed by atoms with Crippen LogP contribution in [0.5, 0.6) is 0 Å². The summed E-state index contributed by atoms with van der Waals surface area (Å²) in [5.74, 6) is -0.252. The number of thioether (sulfide) groups is 1. The number of hydrogen-bond donors (Lipinski definition) is 0. The lowest BCUT2D eigenvalue weighted by atomic mass is 9.76. The highest BCUT2D eigenvalue weighted by Crippen LogP contribution is 2.60. The smallest absolute Gasteiger partial charge is 0.283 e. The number of carbonyl (C=O) groups is 2. The number of anilines is 1. The van der Waals surface area contributed by atoms with Gasteiger partial charge in [-0.15, -0.1) is 0 Å². The number of nitro groups is 1. The van der Waals surface area contributed by atoms with Gasteiger partial charge in [0.15, 0.2) is 4.75 Å². The van der Waals surface area contributed by atoms with Crippen LogP contribution < -0.4 is 4.90 Å². The first-order chi connectivity index (χ1) is 18.4. The minimum absolute atomic E-state index is 0.0561. The molecule has 1 fully saturated rings. The fraction of sp³-hybridized carbons (Fsp3) is 0.133. The van der Waals surface area contributed by atoms with Crippen LogP contribution in [0, 0.1) is 10.1 Å². The fourth-order valence-corrected chi connectivity index (χ4v) is 6.10. The van der Waals surface area contributed by atoms with E-state index in [4.69, 9.17) is 0 Å². The lowest BCUT2D eigenvalue weighted by molar-refractivity contribution is -0.384. The maximum atomic E-state index is 14.2. The predicted molar refractivity (Wildman–Crippen MR) is 149 cm³/mol. The van der Waals surface area contributed by atoms with Crippen LogP contribution in [0.15, 0.2) is 115 Å². The predicted octanol–water partition coefficient (Wildman–Crippen LogP) is 6.56. The number of nitrogens with zero attached hydrogens (tertiary/aromatic N) is 3. The van der Waals surface area contributed by atoms with Gasteiger partial charge in [0.2, 0.25) is 0 Å². The van der Waals surface area contributed by atoms with Gasteiger partial charge in [0.05, 0.1) is 11.0 Å². The van der Waals surface area contributed by atoms with Gasteiger partial charge in [-0.25, -0.2) is 0 Å². The Morgan fingerprint density at radius 3 is 2.03 bits per heavy atom. The molecule has 1 aliphatic heterocycles. The quantitative estimate of drug-likeness (QED) is 0.156. The van der Waals surface area contributed by atoms with Gasteiger partial charge in [0.1, 0.15) is 0 Å². The largest absolute Gasteiger partial charge is 0.332 e. The van der Waals surface area contributed by atoms with E-state index in [9.17, 15) is 19.7 Å². The molecule has 2 atom stereocenters. The minimum Gasteiger partial charge on any atom is -0.332 e. The molecule has 0 unspecified atom stereocenters. The molecule has 38 heavy (non-hydrogen) atoms. The number of amides is 2. The normalized spacial score (nSPS) is 18.5. The van der Waals surface area contributed by atoms with Crippen molar-refractivity contribution in [1.29, 1.82) is 0 Å². The summed E-state index contributed by atoms with van der Waals surface area (Å²) in [6.45, 7) is 0.411. The first kappa shape index (κ1) is 25.2. The number of β-lactam (4-membered cyclic amide) rings is 1. The average Bonchev–Trinajstić information content (AvgIpc) is 2.95. The van der Waals surface area contributed by atoms with Crippen molar-refractivity contribution in [3.05, 3.63) is 142 Å². The molecule has 4 aromatic rings. The molecule has 2 amide bonds. The summed E-state index contributed by atoms with van der Waals surface area (Å²) in [5, 5.41) is 11.0. The molecule has 0 N–H and O–H groups in total. The maximum Gasteiger partial charge on any atom is 0.283 e. The van der Waals surface area contributed by atoms with E-state index in [1.165, 1.54) is 12.1 Å². The van der Waals surface area contributed by atoms with Crippen molar-refractivity contribution in [3.63, 3.8) is 0 Å². The van der Waals surface area contributed by atoms with E-state index in [0.29, 0.717) is 12.2 Å². The molecule has 0 radical (unpaired) electrons. The second-order valence-electron chi connectivity index (χ2n) is 9.07. The molecule has 8 heteroatoms. The molecule has 0 bridgehead atoms. The van der Waals surface area contributed by atoms with Gasteiger partial charge in [-0.3, -0.25) is 19.7 Å². The van der Waals surface area contributed by atoms with Gasteiger partial charge in [0.25, 0.3) is 16.8 Å². The summed E-state index contributed by atoms with van der Waals surface area (Å²) in [7, 11) is 1.73. The van der Waals surface area contributed by atoms with Crippen LogP contribution in [-0.4, -0.2) is 28.0 Å². The molecule has 1 aliphatic rings. The molecule has 1 heterocycles. The SMILES string of the molecule is CN(Cc1ccccc1)C(=O)S[C@]1(c2ccccc2)C(=O)N(c2ccc([N+](=O)[O-])cc2)[C@H]1c1ccccc1. The highest BCUT2D eigenvalue weighted by molar-refractivity contribution is 8.15. The number of rotatable bonds is 7. The zero-order chi connectivity index (χ0) is 26.7. The topological polar surface area (TPSA) is 83.8 Å². The number of carbonyl (C=O) groups excluding carboxylic acids is 2. The van der Waals surface area contributed by atoms with E-state index >= 15 is 0 Å². The Hall–Kier alpha value is -4.43. The van der Waals surface area contributed by atoms with Gasteiger partial charge in [0, 0.05) is 31.4 Å². The summed E-state index contributed by atoms with van der Waals surface area (Å²) in [6, 6.07) is 34.0. The van der Waals surface area contributed by atoms with Crippen molar-refractivity contribution in [2.75, 3.05) is 11.9 Å². The van der Waals surface area contributed by atoms with Gasteiger partial charge < -0.3 is 9.80 Å². The van der Waals surface area contributed by atoms with Gasteiger partial charge in [-0.2, -0.15) is 0 Å². The summed E-state index contributed by atoms with van der Waals surface area (Å²) in [6.07, 6.45) is 0. The van der Waals surface area contributed by atoms with E-state index in [0.717, 1.165) is 28.5 Å². The van der Waals surface area contributed by atoms with Crippen LogP contribution in [-0.2, 0) is 16.1 Å². The summed E-state index contributed by atoms with van der Waals surface area (Å²) >= 11 is 1.02. The third-order valence-electron chi connectivity index (χ3n) is 6.66. The van der Waals surface area contributed by atoms with Gasteiger partial charge in [-0.1, -0.05) is 91.0 Å². The Morgan fingerprint density at radius 1 is 0.895 bits per heavy atom. The third kappa shape index (κ3) is 4.54. The molecule has 0 aliphatic carbocycles. The molecular weight excluding hydrogens is 498 g/mol. The van der Waals surface area contributed by atoms with E-state index in [2.05, 4.69) is 0 Å². The monoisotopic (exact) mass is 523 g/mol.